The minimum Gasteiger partial charge on any atom is -0.444 e. The maximum absolute atomic E-state index is 13.8. The highest BCUT2D eigenvalue weighted by Crippen LogP contribution is 2.42. The maximum atomic E-state index is 13.8. The fourth-order valence-corrected chi connectivity index (χ4v) is 6.73. The Morgan fingerprint density at radius 1 is 0.851 bits per heavy atom. The molecule has 12 heteroatoms. The summed E-state index contributed by atoms with van der Waals surface area (Å²) in [5, 5.41) is 5.06. The first kappa shape index (κ1) is 32.3. The summed E-state index contributed by atoms with van der Waals surface area (Å²) in [6.45, 7) is 14.1. The molecule has 47 heavy (non-hydrogen) atoms. The van der Waals surface area contributed by atoms with Crippen LogP contribution in [0.4, 0.5) is 15.3 Å². The Kier molecular flexibility index (Phi) is 8.13. The van der Waals surface area contributed by atoms with Crippen LogP contribution in [-0.2, 0) is 16.0 Å². The fourth-order valence-electron chi connectivity index (χ4n) is 5.97. The Morgan fingerprint density at radius 3 is 2.15 bits per heavy atom. The van der Waals surface area contributed by atoms with Crippen molar-refractivity contribution in [3.63, 3.8) is 0 Å². The van der Waals surface area contributed by atoms with Crippen LogP contribution >= 0.6 is 11.3 Å². The number of nitrogens with one attached hydrogen (secondary N) is 1. The zero-order valence-corrected chi connectivity index (χ0v) is 28.2. The normalized spacial score (nSPS) is 15.6. The molecule has 0 radical (unpaired) electrons. The molecule has 3 amide bonds. The number of nitrogens with zero attached hydrogens (tertiary/aromatic N) is 3. The standard InChI is InChI=1S/C35H39N5O6S/c1-34(2,3)45-32(43)39-13-11-38(12-14-39)19-20-9-10-24-21(16-20)17-25(40(24)33(44)46-35(4,5)6)22-18-23(26-8-7-15-47-26)29(36)28-27(22)30(41)37-31(28)42/h7-10,15-18H,11-14,19,36H2,1-6H3,(H,37,41,42). The second-order valence-electron chi connectivity index (χ2n) is 13.9. The van der Waals surface area contributed by atoms with E-state index in [1.807, 2.05) is 62.5 Å². The number of carbonyl (C=O) groups excluding carboxylic acids is 4. The summed E-state index contributed by atoms with van der Waals surface area (Å²) in [6, 6.07) is 13.3. The second-order valence-corrected chi connectivity index (χ2v) is 14.8. The number of nitrogens with two attached hydrogens (primary N) is 1. The summed E-state index contributed by atoms with van der Waals surface area (Å²) < 4.78 is 12.8. The van der Waals surface area contributed by atoms with E-state index in [0.717, 1.165) is 15.8 Å². The van der Waals surface area contributed by atoms with Crippen LogP contribution in [0, 0.1) is 0 Å². The van der Waals surface area contributed by atoms with Gasteiger partial charge in [0.25, 0.3) is 11.8 Å². The maximum Gasteiger partial charge on any atom is 0.419 e. The van der Waals surface area contributed by atoms with Gasteiger partial charge in [0, 0.05) is 54.1 Å². The molecule has 0 unspecified atom stereocenters. The number of hydrogen-bond acceptors (Lipinski definition) is 9. The molecule has 6 rings (SSSR count). The number of ether oxygens (including phenoxy) is 2. The van der Waals surface area contributed by atoms with Crippen molar-refractivity contribution in [3.8, 4) is 21.7 Å². The molecular weight excluding hydrogens is 618 g/mol. The summed E-state index contributed by atoms with van der Waals surface area (Å²) in [6.07, 6.45) is -0.914. The molecule has 0 atom stereocenters. The molecule has 4 aromatic rings. The SMILES string of the molecule is CC(C)(C)OC(=O)N1CCN(Cc2ccc3c(c2)cc(-c2cc(-c4cccs4)c(N)c4c2C(=O)NC4=O)n3C(=O)OC(C)(C)C)CC1. The Morgan fingerprint density at radius 2 is 1.51 bits per heavy atom. The molecule has 0 saturated carbocycles. The summed E-state index contributed by atoms with van der Waals surface area (Å²) in [5.41, 5.74) is 8.65. The molecular formula is C35H39N5O6S. The van der Waals surface area contributed by atoms with Gasteiger partial charge in [-0.25, -0.2) is 14.2 Å². The molecule has 0 aliphatic carbocycles. The van der Waals surface area contributed by atoms with E-state index in [1.54, 1.807) is 31.7 Å². The first-order chi connectivity index (χ1) is 22.1. The van der Waals surface area contributed by atoms with Crippen molar-refractivity contribution in [1.29, 1.82) is 0 Å². The van der Waals surface area contributed by atoms with Crippen LogP contribution < -0.4 is 11.1 Å². The van der Waals surface area contributed by atoms with Gasteiger partial charge >= 0.3 is 12.2 Å². The van der Waals surface area contributed by atoms with Crippen molar-refractivity contribution in [2.75, 3.05) is 31.9 Å². The fraction of sp³-hybridized carbons (Fsp3) is 0.371. The van der Waals surface area contributed by atoms with Crippen LogP contribution in [0.1, 0.15) is 67.8 Å². The number of aromatic nitrogens is 1. The number of hydrogen-bond donors (Lipinski definition) is 2. The minimum atomic E-state index is -0.787. The van der Waals surface area contributed by atoms with Crippen molar-refractivity contribution in [3.05, 3.63) is 64.5 Å². The first-order valence-electron chi connectivity index (χ1n) is 15.5. The van der Waals surface area contributed by atoms with Crippen molar-refractivity contribution >= 4 is 51.9 Å². The van der Waals surface area contributed by atoms with Crippen LogP contribution in [0.3, 0.4) is 0 Å². The number of rotatable bonds is 4. The van der Waals surface area contributed by atoms with Gasteiger partial charge in [-0.3, -0.25) is 19.8 Å². The number of piperazine rings is 1. The molecule has 1 fully saturated rings. The average Bonchev–Trinajstić information content (AvgIpc) is 3.70. The molecule has 0 bridgehead atoms. The largest absolute Gasteiger partial charge is 0.444 e. The number of anilines is 1. The molecule has 2 aliphatic heterocycles. The van der Waals surface area contributed by atoms with Gasteiger partial charge in [0.05, 0.1) is 28.0 Å². The number of nitrogen functional groups attached to an aromatic ring is 1. The summed E-state index contributed by atoms with van der Waals surface area (Å²) in [7, 11) is 0. The molecule has 4 heterocycles. The molecule has 11 nitrogen and oxygen atoms in total. The highest BCUT2D eigenvalue weighted by molar-refractivity contribution is 7.13. The summed E-state index contributed by atoms with van der Waals surface area (Å²) in [5.74, 6) is -1.15. The van der Waals surface area contributed by atoms with Crippen molar-refractivity contribution in [2.45, 2.75) is 59.3 Å². The van der Waals surface area contributed by atoms with E-state index in [4.69, 9.17) is 15.2 Å². The number of carbonyl (C=O) groups is 4. The van der Waals surface area contributed by atoms with Gasteiger partial charge in [0.15, 0.2) is 0 Å². The van der Waals surface area contributed by atoms with Gasteiger partial charge in [0.1, 0.15) is 11.2 Å². The van der Waals surface area contributed by atoms with E-state index in [0.29, 0.717) is 55.1 Å². The predicted octanol–water partition coefficient (Wildman–Crippen LogP) is 6.34. The van der Waals surface area contributed by atoms with Gasteiger partial charge in [0.2, 0.25) is 0 Å². The number of imide groups is 1. The van der Waals surface area contributed by atoms with E-state index in [1.165, 1.54) is 15.9 Å². The monoisotopic (exact) mass is 657 g/mol. The van der Waals surface area contributed by atoms with Crippen molar-refractivity contribution < 1.29 is 28.7 Å². The number of amides is 3. The van der Waals surface area contributed by atoms with Crippen molar-refractivity contribution in [1.82, 2.24) is 19.7 Å². The quantitative estimate of drug-likeness (QED) is 0.192. The van der Waals surface area contributed by atoms with E-state index in [-0.39, 0.29) is 22.9 Å². The molecule has 3 N–H and O–H groups in total. The summed E-state index contributed by atoms with van der Waals surface area (Å²) in [4.78, 5) is 57.4. The van der Waals surface area contributed by atoms with E-state index in [9.17, 15) is 19.2 Å². The zero-order valence-electron chi connectivity index (χ0n) is 27.4. The third kappa shape index (κ3) is 6.48. The van der Waals surface area contributed by atoms with Gasteiger partial charge in [-0.15, -0.1) is 11.3 Å². The number of thiophene rings is 1. The molecule has 246 valence electrons. The molecule has 0 spiro atoms. The lowest BCUT2D eigenvalue weighted by molar-refractivity contribution is 0.0138. The number of benzene rings is 2. The van der Waals surface area contributed by atoms with Gasteiger partial charge < -0.3 is 20.1 Å². The van der Waals surface area contributed by atoms with Crippen LogP contribution in [0.2, 0.25) is 0 Å². The van der Waals surface area contributed by atoms with Gasteiger partial charge in [-0.05, 0) is 82.8 Å². The zero-order chi connectivity index (χ0) is 33.8. The Balaban J connectivity index is 1.40. The topological polar surface area (TPSA) is 136 Å². The van der Waals surface area contributed by atoms with Crippen molar-refractivity contribution in [2.24, 2.45) is 0 Å². The van der Waals surface area contributed by atoms with Crippen LogP contribution in [0.15, 0.2) is 47.8 Å². The van der Waals surface area contributed by atoms with Crippen LogP contribution in [-0.4, -0.2) is 75.7 Å². The van der Waals surface area contributed by atoms with Gasteiger partial charge in [-0.2, -0.15) is 0 Å². The molecule has 2 aromatic carbocycles. The lowest BCUT2D eigenvalue weighted by atomic mass is 9.94. The molecule has 2 aliphatic rings. The average molecular weight is 658 g/mol. The third-order valence-corrected chi connectivity index (χ3v) is 8.89. The van der Waals surface area contributed by atoms with Crippen LogP contribution in [0.5, 0.6) is 0 Å². The minimum absolute atomic E-state index is 0.100. The lowest BCUT2D eigenvalue weighted by Gasteiger charge is -2.35. The predicted molar refractivity (Wildman–Crippen MR) is 182 cm³/mol. The van der Waals surface area contributed by atoms with Crippen LogP contribution in [0.25, 0.3) is 32.6 Å². The molecule has 1 saturated heterocycles. The van der Waals surface area contributed by atoms with Gasteiger partial charge in [-0.1, -0.05) is 12.1 Å². The first-order valence-corrected chi connectivity index (χ1v) is 16.4. The lowest BCUT2D eigenvalue weighted by Crippen LogP contribution is -2.49. The highest BCUT2D eigenvalue weighted by Gasteiger charge is 2.36. The number of fused-ring (bicyclic) bond motifs is 2. The second kappa shape index (κ2) is 11.8. The third-order valence-electron chi connectivity index (χ3n) is 7.98. The Bertz CT molecular complexity index is 1910. The van der Waals surface area contributed by atoms with E-state index in [2.05, 4.69) is 10.2 Å². The molecule has 2 aromatic heterocycles. The highest BCUT2D eigenvalue weighted by atomic mass is 32.1. The Labute approximate surface area is 277 Å². The Hall–Kier alpha value is -4.68. The van der Waals surface area contributed by atoms with E-state index < -0.39 is 29.1 Å². The van der Waals surface area contributed by atoms with E-state index >= 15 is 0 Å². The summed E-state index contributed by atoms with van der Waals surface area (Å²) >= 11 is 1.46. The smallest absolute Gasteiger partial charge is 0.419 e.